The summed E-state index contributed by atoms with van der Waals surface area (Å²) in [6, 6.07) is 0. The Morgan fingerprint density at radius 3 is 0.816 bits per heavy atom. The van der Waals surface area contributed by atoms with E-state index in [2.05, 4.69) is 20.8 Å². The minimum atomic E-state index is -0.755. The van der Waals surface area contributed by atoms with Crippen LogP contribution in [0.25, 0.3) is 0 Å². The number of carbonyl (C=O) groups is 3. The van der Waals surface area contributed by atoms with Crippen LogP contribution < -0.4 is 0 Å². The van der Waals surface area contributed by atoms with Crippen molar-refractivity contribution in [2.45, 2.75) is 245 Å². The lowest BCUT2D eigenvalue weighted by atomic mass is 10.0. The number of ether oxygens (including phenoxy) is 3. The molecular formula is C43H82O6. The molecule has 0 aromatic rings. The van der Waals surface area contributed by atoms with E-state index in [0.717, 1.165) is 64.2 Å². The van der Waals surface area contributed by atoms with Gasteiger partial charge in [-0.1, -0.05) is 201 Å². The molecule has 0 aliphatic heterocycles. The van der Waals surface area contributed by atoms with Crippen LogP contribution >= 0.6 is 0 Å². The van der Waals surface area contributed by atoms with Crippen molar-refractivity contribution < 1.29 is 28.6 Å². The Bertz CT molecular complexity index is 723. The molecule has 0 saturated carbocycles. The Kier molecular flexibility index (Phi) is 37.9. The second kappa shape index (κ2) is 39.2. The first-order valence-corrected chi connectivity index (χ1v) is 21.5. The third kappa shape index (κ3) is 37.5. The summed E-state index contributed by atoms with van der Waals surface area (Å²) in [6.07, 6.45) is 38.3. The molecule has 6 nitrogen and oxygen atoms in total. The molecule has 49 heavy (non-hydrogen) atoms. The molecule has 0 fully saturated rings. The molecule has 290 valence electrons. The monoisotopic (exact) mass is 695 g/mol. The average molecular weight is 695 g/mol. The van der Waals surface area contributed by atoms with Crippen molar-refractivity contribution >= 4 is 17.9 Å². The topological polar surface area (TPSA) is 78.9 Å². The Hall–Kier alpha value is -1.59. The molecule has 0 heterocycles. The summed E-state index contributed by atoms with van der Waals surface area (Å²) >= 11 is 0. The molecular weight excluding hydrogens is 612 g/mol. The molecule has 0 spiro atoms. The molecule has 1 atom stereocenters. The van der Waals surface area contributed by atoms with Crippen molar-refractivity contribution in [1.82, 2.24) is 0 Å². The third-order valence-electron chi connectivity index (χ3n) is 9.61. The number of carbonyl (C=O) groups excluding carboxylic acids is 3. The van der Waals surface area contributed by atoms with Gasteiger partial charge in [0.25, 0.3) is 0 Å². The highest BCUT2D eigenvalue weighted by atomic mass is 16.6. The zero-order valence-electron chi connectivity index (χ0n) is 33.0. The summed E-state index contributed by atoms with van der Waals surface area (Å²) in [5.74, 6) is -0.871. The van der Waals surface area contributed by atoms with E-state index in [-0.39, 0.29) is 31.1 Å². The van der Waals surface area contributed by atoms with Crippen LogP contribution in [0.4, 0.5) is 0 Å². The minimum Gasteiger partial charge on any atom is -0.462 e. The highest BCUT2D eigenvalue weighted by molar-refractivity contribution is 5.71. The van der Waals surface area contributed by atoms with Crippen molar-refractivity contribution in [2.75, 3.05) is 13.2 Å². The normalized spacial score (nSPS) is 11.8. The quantitative estimate of drug-likeness (QED) is 0.0362. The maximum absolute atomic E-state index is 12.5. The lowest BCUT2D eigenvalue weighted by Gasteiger charge is -2.18. The lowest BCUT2D eigenvalue weighted by Crippen LogP contribution is -2.30. The van der Waals surface area contributed by atoms with Gasteiger partial charge in [-0.25, -0.2) is 0 Å². The molecule has 0 rings (SSSR count). The van der Waals surface area contributed by atoms with E-state index in [0.29, 0.717) is 19.3 Å². The van der Waals surface area contributed by atoms with E-state index in [1.54, 1.807) is 0 Å². The van der Waals surface area contributed by atoms with Crippen molar-refractivity contribution in [3.05, 3.63) is 0 Å². The number of unbranched alkanes of at least 4 members (excludes halogenated alkanes) is 28. The van der Waals surface area contributed by atoms with Gasteiger partial charge in [0.2, 0.25) is 0 Å². The molecule has 0 aromatic carbocycles. The summed E-state index contributed by atoms with van der Waals surface area (Å²) in [4.78, 5) is 37.3. The lowest BCUT2D eigenvalue weighted by molar-refractivity contribution is -0.167. The van der Waals surface area contributed by atoms with Crippen molar-refractivity contribution in [2.24, 2.45) is 0 Å². The fourth-order valence-corrected chi connectivity index (χ4v) is 6.32. The fraction of sp³-hybridized carbons (Fsp3) is 0.930. The molecule has 0 radical (unpaired) electrons. The minimum absolute atomic E-state index is 0.0646. The number of esters is 3. The van der Waals surface area contributed by atoms with Gasteiger partial charge >= 0.3 is 17.9 Å². The molecule has 0 aliphatic rings. The molecule has 6 heteroatoms. The predicted molar refractivity (Wildman–Crippen MR) is 206 cm³/mol. The Morgan fingerprint density at radius 2 is 0.551 bits per heavy atom. The van der Waals surface area contributed by atoms with E-state index in [9.17, 15) is 14.4 Å². The predicted octanol–water partition coefficient (Wildman–Crippen LogP) is 13.3. The van der Waals surface area contributed by atoms with Gasteiger partial charge in [0.15, 0.2) is 6.10 Å². The van der Waals surface area contributed by atoms with Crippen LogP contribution in [0, 0.1) is 0 Å². The Balaban J connectivity index is 4.14. The van der Waals surface area contributed by atoms with E-state index in [1.165, 1.54) is 135 Å². The maximum Gasteiger partial charge on any atom is 0.306 e. The van der Waals surface area contributed by atoms with Crippen molar-refractivity contribution in [3.8, 4) is 0 Å². The first-order chi connectivity index (χ1) is 24.0. The first-order valence-electron chi connectivity index (χ1n) is 21.5. The van der Waals surface area contributed by atoms with Crippen LogP contribution in [0.3, 0.4) is 0 Å². The molecule has 0 unspecified atom stereocenters. The van der Waals surface area contributed by atoms with Gasteiger partial charge in [0.05, 0.1) is 0 Å². The standard InChI is InChI=1S/C43H82O6/c1-4-7-10-13-15-17-19-20-21-22-24-26-28-31-33-36-42(45)48-39-40(49-43(46)37-34-29-12-9-6-3)38-47-41(44)35-32-30-27-25-23-18-16-14-11-8-5-2/h40H,4-39H2,1-3H3/t40-/m0/s1. The van der Waals surface area contributed by atoms with Gasteiger partial charge in [-0.05, 0) is 19.3 Å². The number of hydrogen-bond donors (Lipinski definition) is 0. The molecule has 0 bridgehead atoms. The largest absolute Gasteiger partial charge is 0.462 e. The van der Waals surface area contributed by atoms with E-state index in [4.69, 9.17) is 14.2 Å². The number of rotatable bonds is 39. The van der Waals surface area contributed by atoms with E-state index < -0.39 is 6.10 Å². The first kappa shape index (κ1) is 47.4. The molecule has 0 aliphatic carbocycles. The highest BCUT2D eigenvalue weighted by Crippen LogP contribution is 2.15. The van der Waals surface area contributed by atoms with E-state index >= 15 is 0 Å². The van der Waals surface area contributed by atoms with Gasteiger partial charge in [-0.15, -0.1) is 0 Å². The van der Waals surface area contributed by atoms with Crippen molar-refractivity contribution in [1.29, 1.82) is 0 Å². The average Bonchev–Trinajstić information content (AvgIpc) is 3.09. The smallest absolute Gasteiger partial charge is 0.306 e. The van der Waals surface area contributed by atoms with Gasteiger partial charge in [0, 0.05) is 19.3 Å². The van der Waals surface area contributed by atoms with Crippen LogP contribution in [-0.4, -0.2) is 37.2 Å². The SMILES string of the molecule is CCCCCCCCCCCCCCCCCC(=O)OC[C@H](COC(=O)CCCCCCCCCCCCC)OC(=O)CCCCCCC. The summed E-state index contributed by atoms with van der Waals surface area (Å²) < 4.78 is 16.6. The third-order valence-corrected chi connectivity index (χ3v) is 9.61. The van der Waals surface area contributed by atoms with Gasteiger partial charge in [0.1, 0.15) is 13.2 Å². The second-order valence-corrected chi connectivity index (χ2v) is 14.6. The van der Waals surface area contributed by atoms with Gasteiger partial charge in [-0.2, -0.15) is 0 Å². The summed E-state index contributed by atoms with van der Waals surface area (Å²) in [5.41, 5.74) is 0. The Morgan fingerprint density at radius 1 is 0.327 bits per heavy atom. The summed E-state index contributed by atoms with van der Waals surface area (Å²) in [7, 11) is 0. The summed E-state index contributed by atoms with van der Waals surface area (Å²) in [5, 5.41) is 0. The van der Waals surface area contributed by atoms with Crippen LogP contribution in [0.5, 0.6) is 0 Å². The summed E-state index contributed by atoms with van der Waals surface area (Å²) in [6.45, 7) is 6.56. The van der Waals surface area contributed by atoms with Gasteiger partial charge < -0.3 is 14.2 Å². The van der Waals surface area contributed by atoms with Gasteiger partial charge in [-0.3, -0.25) is 14.4 Å². The zero-order chi connectivity index (χ0) is 35.9. The second-order valence-electron chi connectivity index (χ2n) is 14.6. The Labute approximate surface area is 304 Å². The van der Waals surface area contributed by atoms with E-state index in [1.807, 2.05) is 0 Å². The maximum atomic E-state index is 12.5. The van der Waals surface area contributed by atoms with Crippen LogP contribution in [0.1, 0.15) is 239 Å². The molecule has 0 N–H and O–H groups in total. The highest BCUT2D eigenvalue weighted by Gasteiger charge is 2.19. The van der Waals surface area contributed by atoms with Crippen LogP contribution in [0.15, 0.2) is 0 Å². The fourth-order valence-electron chi connectivity index (χ4n) is 6.32. The molecule has 0 amide bonds. The molecule has 0 saturated heterocycles. The van der Waals surface area contributed by atoms with Crippen molar-refractivity contribution in [3.63, 3.8) is 0 Å². The number of hydrogen-bond acceptors (Lipinski definition) is 6. The van der Waals surface area contributed by atoms with Crippen LogP contribution in [0.2, 0.25) is 0 Å². The zero-order valence-corrected chi connectivity index (χ0v) is 33.0. The molecule has 0 aromatic heterocycles. The van der Waals surface area contributed by atoms with Crippen LogP contribution in [-0.2, 0) is 28.6 Å².